The number of Topliss-reactive ketones (excluding diaryl/α,β-unsaturated/α-hetero) is 1. The van der Waals surface area contributed by atoms with Crippen LogP contribution in [0.15, 0.2) is 54.7 Å². The summed E-state index contributed by atoms with van der Waals surface area (Å²) in [5, 5.41) is 5.90. The van der Waals surface area contributed by atoms with Gasteiger partial charge in [0.05, 0.1) is 0 Å². The Morgan fingerprint density at radius 2 is 1.70 bits per heavy atom. The van der Waals surface area contributed by atoms with Crippen LogP contribution in [0.25, 0.3) is 0 Å². The van der Waals surface area contributed by atoms with Gasteiger partial charge in [-0.15, -0.1) is 0 Å². The van der Waals surface area contributed by atoms with E-state index in [-0.39, 0.29) is 17.4 Å². The lowest BCUT2D eigenvalue weighted by molar-refractivity contribution is 0.101. The first-order valence-electron chi connectivity index (χ1n) is 8.52. The molecule has 0 aliphatic carbocycles. The first kappa shape index (κ1) is 18.3. The number of ketones is 1. The quantitative estimate of drug-likeness (QED) is 0.663. The van der Waals surface area contributed by atoms with Gasteiger partial charge in [-0.25, -0.2) is 9.97 Å². The van der Waals surface area contributed by atoms with E-state index in [2.05, 4.69) is 20.6 Å². The molecule has 0 aliphatic heterocycles. The van der Waals surface area contributed by atoms with Gasteiger partial charge in [-0.3, -0.25) is 9.59 Å². The van der Waals surface area contributed by atoms with Crippen LogP contribution in [-0.2, 0) is 0 Å². The third-order valence-electron chi connectivity index (χ3n) is 4.07. The molecular formula is C21H20N4O2. The van der Waals surface area contributed by atoms with E-state index in [1.165, 1.54) is 13.1 Å². The summed E-state index contributed by atoms with van der Waals surface area (Å²) in [4.78, 5) is 32.3. The van der Waals surface area contributed by atoms with Gasteiger partial charge in [0.15, 0.2) is 5.78 Å². The van der Waals surface area contributed by atoms with Crippen LogP contribution in [0.4, 0.5) is 17.3 Å². The summed E-state index contributed by atoms with van der Waals surface area (Å²) in [6.45, 7) is 5.47. The maximum absolute atomic E-state index is 12.5. The molecule has 0 atom stereocenters. The van der Waals surface area contributed by atoms with Crippen molar-refractivity contribution in [3.63, 3.8) is 0 Å². The zero-order chi connectivity index (χ0) is 19.4. The summed E-state index contributed by atoms with van der Waals surface area (Å²) in [5.74, 6) is 0.000973. The van der Waals surface area contributed by atoms with Crippen molar-refractivity contribution in [2.45, 2.75) is 20.8 Å². The molecule has 6 heteroatoms. The van der Waals surface area contributed by atoms with Gasteiger partial charge in [-0.1, -0.05) is 17.7 Å². The van der Waals surface area contributed by atoms with Crippen molar-refractivity contribution in [2.75, 3.05) is 10.6 Å². The number of aryl methyl sites for hydroxylation is 2. The molecule has 0 radical (unpaired) electrons. The monoisotopic (exact) mass is 360 g/mol. The SMILES string of the molecule is CC(=O)c1ccc(Nc2nccc(C(=O)Nc3ccc(C)cc3C)n2)cc1. The Kier molecular flexibility index (Phi) is 5.26. The number of hydrogen-bond acceptors (Lipinski definition) is 5. The van der Waals surface area contributed by atoms with Crippen LogP contribution < -0.4 is 10.6 Å². The third kappa shape index (κ3) is 4.55. The van der Waals surface area contributed by atoms with E-state index < -0.39 is 0 Å². The van der Waals surface area contributed by atoms with E-state index in [9.17, 15) is 9.59 Å². The van der Waals surface area contributed by atoms with Gasteiger partial charge in [0, 0.05) is 23.1 Å². The van der Waals surface area contributed by atoms with Crippen LogP contribution in [0.3, 0.4) is 0 Å². The summed E-state index contributed by atoms with van der Waals surface area (Å²) >= 11 is 0. The summed E-state index contributed by atoms with van der Waals surface area (Å²) in [6.07, 6.45) is 1.52. The lowest BCUT2D eigenvalue weighted by Gasteiger charge is -2.10. The number of anilines is 3. The molecule has 1 heterocycles. The molecule has 0 bridgehead atoms. The Morgan fingerprint density at radius 3 is 2.37 bits per heavy atom. The topological polar surface area (TPSA) is 84.0 Å². The van der Waals surface area contributed by atoms with Crippen LogP contribution in [0.1, 0.15) is 38.9 Å². The predicted molar refractivity (Wildman–Crippen MR) is 106 cm³/mol. The fraction of sp³-hybridized carbons (Fsp3) is 0.143. The Hall–Kier alpha value is -3.54. The first-order chi connectivity index (χ1) is 12.9. The highest BCUT2D eigenvalue weighted by atomic mass is 16.2. The van der Waals surface area contributed by atoms with Crippen molar-refractivity contribution in [1.82, 2.24) is 9.97 Å². The molecule has 0 aliphatic rings. The van der Waals surface area contributed by atoms with Crippen LogP contribution in [0, 0.1) is 13.8 Å². The van der Waals surface area contributed by atoms with Crippen LogP contribution in [0.5, 0.6) is 0 Å². The Bertz CT molecular complexity index is 997. The van der Waals surface area contributed by atoms with Gasteiger partial charge in [-0.05, 0) is 62.7 Å². The zero-order valence-electron chi connectivity index (χ0n) is 15.4. The van der Waals surface area contributed by atoms with E-state index in [1.807, 2.05) is 32.0 Å². The molecule has 0 saturated heterocycles. The number of amides is 1. The summed E-state index contributed by atoms with van der Waals surface area (Å²) in [6, 6.07) is 14.4. The highest BCUT2D eigenvalue weighted by molar-refractivity contribution is 6.03. The number of nitrogens with one attached hydrogen (secondary N) is 2. The standard InChI is InChI=1S/C21H20N4O2/c1-13-4-9-18(14(2)12-13)24-20(27)19-10-11-22-21(25-19)23-17-7-5-16(6-8-17)15(3)26/h4-12H,1-3H3,(H,24,27)(H,22,23,25). The van der Waals surface area contributed by atoms with Gasteiger partial charge in [0.25, 0.3) is 5.91 Å². The average Bonchev–Trinajstić information content (AvgIpc) is 2.64. The molecule has 0 saturated carbocycles. The number of aromatic nitrogens is 2. The minimum Gasteiger partial charge on any atom is -0.324 e. The van der Waals surface area contributed by atoms with Crippen molar-refractivity contribution in [3.8, 4) is 0 Å². The number of carbonyl (C=O) groups excluding carboxylic acids is 2. The zero-order valence-corrected chi connectivity index (χ0v) is 15.4. The summed E-state index contributed by atoms with van der Waals surface area (Å²) in [5.41, 5.74) is 4.48. The molecule has 1 amide bonds. The van der Waals surface area contributed by atoms with Crippen molar-refractivity contribution >= 4 is 29.0 Å². The fourth-order valence-electron chi connectivity index (χ4n) is 2.60. The summed E-state index contributed by atoms with van der Waals surface area (Å²) in [7, 11) is 0. The smallest absolute Gasteiger partial charge is 0.274 e. The number of hydrogen-bond donors (Lipinski definition) is 2. The maximum atomic E-state index is 12.5. The third-order valence-corrected chi connectivity index (χ3v) is 4.07. The minimum atomic E-state index is -0.306. The molecule has 3 aromatic rings. The van der Waals surface area contributed by atoms with Crippen molar-refractivity contribution in [3.05, 3.63) is 77.1 Å². The molecule has 3 rings (SSSR count). The highest BCUT2D eigenvalue weighted by Gasteiger charge is 2.11. The van der Waals surface area contributed by atoms with Crippen molar-refractivity contribution in [1.29, 1.82) is 0 Å². The summed E-state index contributed by atoms with van der Waals surface area (Å²) < 4.78 is 0. The van der Waals surface area contributed by atoms with Crippen LogP contribution >= 0.6 is 0 Å². The number of benzene rings is 2. The first-order valence-corrected chi connectivity index (χ1v) is 8.52. The highest BCUT2D eigenvalue weighted by Crippen LogP contribution is 2.18. The largest absolute Gasteiger partial charge is 0.324 e. The van der Waals surface area contributed by atoms with Gasteiger partial charge in [-0.2, -0.15) is 0 Å². The van der Waals surface area contributed by atoms with E-state index in [1.54, 1.807) is 30.3 Å². The average molecular weight is 360 g/mol. The second kappa shape index (κ2) is 7.78. The van der Waals surface area contributed by atoms with E-state index in [0.717, 1.165) is 22.5 Å². The molecule has 0 unspecified atom stereocenters. The van der Waals surface area contributed by atoms with Crippen molar-refractivity contribution in [2.24, 2.45) is 0 Å². The second-order valence-corrected chi connectivity index (χ2v) is 6.30. The predicted octanol–water partition coefficient (Wildman–Crippen LogP) is 4.29. The maximum Gasteiger partial charge on any atom is 0.274 e. The van der Waals surface area contributed by atoms with Crippen LogP contribution in [-0.4, -0.2) is 21.7 Å². The molecule has 0 spiro atoms. The molecule has 0 fully saturated rings. The molecule has 2 N–H and O–H groups in total. The molecule has 2 aromatic carbocycles. The van der Waals surface area contributed by atoms with E-state index >= 15 is 0 Å². The van der Waals surface area contributed by atoms with Crippen LogP contribution in [0.2, 0.25) is 0 Å². The van der Waals surface area contributed by atoms with E-state index in [4.69, 9.17) is 0 Å². The molecule has 1 aromatic heterocycles. The lowest BCUT2D eigenvalue weighted by Crippen LogP contribution is -2.15. The van der Waals surface area contributed by atoms with Gasteiger partial charge in [0.2, 0.25) is 5.95 Å². The van der Waals surface area contributed by atoms with Gasteiger partial charge >= 0.3 is 0 Å². The second-order valence-electron chi connectivity index (χ2n) is 6.30. The normalized spacial score (nSPS) is 10.3. The van der Waals surface area contributed by atoms with Gasteiger partial charge in [0.1, 0.15) is 5.69 Å². The van der Waals surface area contributed by atoms with Crippen molar-refractivity contribution < 1.29 is 9.59 Å². The Balaban J connectivity index is 1.74. The molecule has 136 valence electrons. The minimum absolute atomic E-state index is 0.00266. The fourth-order valence-corrected chi connectivity index (χ4v) is 2.60. The Labute approximate surface area is 157 Å². The Morgan fingerprint density at radius 1 is 0.963 bits per heavy atom. The number of nitrogens with zero attached hydrogens (tertiary/aromatic N) is 2. The van der Waals surface area contributed by atoms with E-state index in [0.29, 0.717) is 11.5 Å². The molecule has 27 heavy (non-hydrogen) atoms. The number of rotatable bonds is 5. The molecule has 6 nitrogen and oxygen atoms in total. The van der Waals surface area contributed by atoms with Gasteiger partial charge < -0.3 is 10.6 Å². The molecular weight excluding hydrogens is 340 g/mol. The lowest BCUT2D eigenvalue weighted by atomic mass is 10.1. The number of carbonyl (C=O) groups is 2.